The van der Waals surface area contributed by atoms with Crippen LogP contribution in [-0.2, 0) is 16.6 Å². The zero-order valence-electron chi connectivity index (χ0n) is 15.6. The van der Waals surface area contributed by atoms with Gasteiger partial charge in [-0.05, 0) is 25.5 Å². The summed E-state index contributed by atoms with van der Waals surface area (Å²) in [5.74, 6) is -0.265. The molecule has 0 fully saturated rings. The number of aromatic nitrogens is 2. The number of sulfonamides is 1. The smallest absolute Gasteiger partial charge is 0.271 e. The summed E-state index contributed by atoms with van der Waals surface area (Å²) >= 11 is 0. The molecule has 2 aromatic heterocycles. The molecule has 0 aliphatic heterocycles. The summed E-state index contributed by atoms with van der Waals surface area (Å²) in [5, 5.41) is 3.63. The minimum Gasteiger partial charge on any atom is -0.473 e. The number of benzene rings is 1. The molecule has 2 heterocycles. The summed E-state index contributed by atoms with van der Waals surface area (Å²) in [6, 6.07) is 12.6. The predicted octanol–water partition coefficient (Wildman–Crippen LogP) is 2.73. The summed E-state index contributed by atoms with van der Waals surface area (Å²) in [6.07, 6.45) is 1.28. The van der Waals surface area contributed by atoms with Crippen molar-refractivity contribution < 1.29 is 22.5 Å². The lowest BCUT2D eigenvalue weighted by Gasteiger charge is -2.17. The van der Waals surface area contributed by atoms with Gasteiger partial charge >= 0.3 is 0 Å². The van der Waals surface area contributed by atoms with E-state index in [0.29, 0.717) is 16.8 Å². The lowest BCUT2D eigenvalue weighted by atomic mass is 10.2. The molecular weight excluding hydrogens is 382 g/mol. The third-order valence-corrected chi connectivity index (χ3v) is 6.07. The van der Waals surface area contributed by atoms with E-state index in [2.05, 4.69) is 10.1 Å². The molecule has 0 saturated carbocycles. The number of rotatable bonds is 6. The van der Waals surface area contributed by atoms with E-state index < -0.39 is 15.9 Å². The lowest BCUT2D eigenvalue weighted by molar-refractivity contribution is 0.0882. The Morgan fingerprint density at radius 3 is 2.43 bits per heavy atom. The van der Waals surface area contributed by atoms with Crippen LogP contribution in [0.2, 0.25) is 0 Å². The van der Waals surface area contributed by atoms with Crippen LogP contribution in [0.15, 0.2) is 58.1 Å². The highest BCUT2D eigenvalue weighted by molar-refractivity contribution is 7.89. The Morgan fingerprint density at radius 1 is 1.14 bits per heavy atom. The molecule has 0 unspecified atom stereocenters. The number of hydrogen-bond acceptors (Lipinski definition) is 7. The zero-order valence-corrected chi connectivity index (χ0v) is 16.4. The van der Waals surface area contributed by atoms with E-state index in [1.165, 1.54) is 39.2 Å². The first-order valence-electron chi connectivity index (χ1n) is 8.39. The van der Waals surface area contributed by atoms with Gasteiger partial charge in [0.05, 0.1) is 5.56 Å². The fraction of sp³-hybridized carbons (Fsp3) is 0.211. The second kappa shape index (κ2) is 7.81. The van der Waals surface area contributed by atoms with E-state index in [1.54, 1.807) is 0 Å². The Morgan fingerprint density at radius 2 is 1.86 bits per heavy atom. The summed E-state index contributed by atoms with van der Waals surface area (Å²) in [7, 11) is -2.91. The fourth-order valence-electron chi connectivity index (χ4n) is 2.59. The standard InChI is InChI=1S/C19H19N3O5S/c1-13-18(14(2)27-21-13)28(24,25)22(3)19(23)16-9-10-17(20-11-16)26-12-15-7-5-4-6-8-15/h4-11H,12H2,1-3H3. The largest absolute Gasteiger partial charge is 0.473 e. The van der Waals surface area contributed by atoms with E-state index in [9.17, 15) is 13.2 Å². The SMILES string of the molecule is Cc1noc(C)c1S(=O)(=O)N(C)C(=O)c1ccc(OCc2ccccc2)nc1. The quantitative estimate of drug-likeness (QED) is 0.626. The molecule has 28 heavy (non-hydrogen) atoms. The maximum atomic E-state index is 12.7. The highest BCUT2D eigenvalue weighted by atomic mass is 32.2. The van der Waals surface area contributed by atoms with Crippen LogP contribution < -0.4 is 4.74 Å². The van der Waals surface area contributed by atoms with Crippen molar-refractivity contribution in [3.63, 3.8) is 0 Å². The summed E-state index contributed by atoms with van der Waals surface area (Å²) < 4.78 is 36.6. The Labute approximate surface area is 162 Å². The highest BCUT2D eigenvalue weighted by Crippen LogP contribution is 2.23. The minimum atomic E-state index is -4.09. The molecule has 0 bridgehead atoms. The van der Waals surface area contributed by atoms with Gasteiger partial charge in [0.2, 0.25) is 5.88 Å². The van der Waals surface area contributed by atoms with Gasteiger partial charge in [-0.3, -0.25) is 4.79 Å². The number of ether oxygens (including phenoxy) is 1. The van der Waals surface area contributed by atoms with Gasteiger partial charge in [-0.1, -0.05) is 35.5 Å². The predicted molar refractivity (Wildman–Crippen MR) is 100 cm³/mol. The van der Waals surface area contributed by atoms with E-state index in [0.717, 1.165) is 5.56 Å². The molecule has 3 aromatic rings. The molecule has 9 heteroatoms. The van der Waals surface area contributed by atoms with Crippen molar-refractivity contribution in [3.8, 4) is 5.88 Å². The van der Waals surface area contributed by atoms with Crippen molar-refractivity contribution in [2.45, 2.75) is 25.3 Å². The Kier molecular flexibility index (Phi) is 5.46. The van der Waals surface area contributed by atoms with Crippen molar-refractivity contribution in [2.75, 3.05) is 7.05 Å². The molecule has 1 aromatic carbocycles. The molecule has 8 nitrogen and oxygen atoms in total. The number of aryl methyl sites for hydroxylation is 2. The second-order valence-corrected chi connectivity index (χ2v) is 8.00. The van der Waals surface area contributed by atoms with Crippen LogP contribution in [0.5, 0.6) is 5.88 Å². The molecule has 3 rings (SSSR count). The van der Waals surface area contributed by atoms with Crippen molar-refractivity contribution in [2.24, 2.45) is 0 Å². The second-order valence-electron chi connectivity index (χ2n) is 6.09. The van der Waals surface area contributed by atoms with E-state index in [4.69, 9.17) is 9.26 Å². The number of carbonyl (C=O) groups is 1. The molecule has 0 radical (unpaired) electrons. The highest BCUT2D eigenvalue weighted by Gasteiger charge is 2.32. The van der Waals surface area contributed by atoms with Crippen molar-refractivity contribution in [1.82, 2.24) is 14.4 Å². The Balaban J connectivity index is 1.73. The van der Waals surface area contributed by atoms with Gasteiger partial charge in [0, 0.05) is 19.3 Å². The van der Waals surface area contributed by atoms with Crippen molar-refractivity contribution >= 4 is 15.9 Å². The average molecular weight is 401 g/mol. The average Bonchev–Trinajstić information content (AvgIpc) is 3.05. The Bertz CT molecular complexity index is 1060. The monoisotopic (exact) mass is 401 g/mol. The van der Waals surface area contributed by atoms with Gasteiger partial charge in [0.25, 0.3) is 15.9 Å². The van der Waals surface area contributed by atoms with Gasteiger partial charge in [-0.2, -0.15) is 0 Å². The maximum absolute atomic E-state index is 12.7. The number of carbonyl (C=O) groups excluding carboxylic acids is 1. The number of hydrogen-bond donors (Lipinski definition) is 0. The first kappa shape index (κ1) is 19.6. The molecule has 0 spiro atoms. The molecule has 0 saturated heterocycles. The van der Waals surface area contributed by atoms with Crippen LogP contribution in [0.1, 0.15) is 27.4 Å². The maximum Gasteiger partial charge on any atom is 0.271 e. The van der Waals surface area contributed by atoms with E-state index in [-0.39, 0.29) is 21.9 Å². The lowest BCUT2D eigenvalue weighted by Crippen LogP contribution is -2.33. The summed E-state index contributed by atoms with van der Waals surface area (Å²) in [4.78, 5) is 16.6. The number of nitrogens with zero attached hydrogens (tertiary/aromatic N) is 3. The third-order valence-electron chi connectivity index (χ3n) is 4.09. The fourth-order valence-corrected chi connectivity index (χ4v) is 4.00. The zero-order chi connectivity index (χ0) is 20.3. The molecule has 0 aliphatic rings. The first-order valence-corrected chi connectivity index (χ1v) is 9.83. The van der Waals surface area contributed by atoms with Crippen LogP contribution >= 0.6 is 0 Å². The van der Waals surface area contributed by atoms with E-state index >= 15 is 0 Å². The van der Waals surface area contributed by atoms with Crippen LogP contribution in [0.25, 0.3) is 0 Å². The molecule has 146 valence electrons. The number of amides is 1. The molecule has 1 amide bonds. The van der Waals surface area contributed by atoms with Crippen molar-refractivity contribution in [3.05, 3.63) is 71.2 Å². The van der Waals surface area contributed by atoms with Gasteiger partial charge in [0.15, 0.2) is 10.7 Å². The summed E-state index contributed by atoms with van der Waals surface area (Å²) in [6.45, 7) is 3.31. The van der Waals surface area contributed by atoms with Gasteiger partial charge in [-0.25, -0.2) is 17.7 Å². The molecule has 0 N–H and O–H groups in total. The van der Waals surface area contributed by atoms with Crippen LogP contribution in [0.4, 0.5) is 0 Å². The third kappa shape index (κ3) is 3.89. The minimum absolute atomic E-state index is 0.112. The normalized spacial score (nSPS) is 11.2. The Hall–Kier alpha value is -3.20. The van der Waals surface area contributed by atoms with Gasteiger partial charge < -0.3 is 9.26 Å². The van der Waals surface area contributed by atoms with Gasteiger partial charge in [0.1, 0.15) is 12.3 Å². The van der Waals surface area contributed by atoms with Crippen LogP contribution in [-0.4, -0.2) is 35.8 Å². The molecule has 0 aliphatic carbocycles. The van der Waals surface area contributed by atoms with Crippen LogP contribution in [0, 0.1) is 13.8 Å². The van der Waals surface area contributed by atoms with Gasteiger partial charge in [-0.15, -0.1) is 0 Å². The van der Waals surface area contributed by atoms with Crippen molar-refractivity contribution in [1.29, 1.82) is 0 Å². The number of pyridine rings is 1. The topological polar surface area (TPSA) is 103 Å². The van der Waals surface area contributed by atoms with Crippen LogP contribution in [0.3, 0.4) is 0 Å². The summed E-state index contributed by atoms with van der Waals surface area (Å²) in [5.41, 5.74) is 1.29. The molecular formula is C19H19N3O5S. The molecule has 0 atom stereocenters. The first-order chi connectivity index (χ1) is 13.3. The van der Waals surface area contributed by atoms with E-state index in [1.807, 2.05) is 30.3 Å².